The first-order valence-electron chi connectivity index (χ1n) is 31.6. The largest absolute Gasteiger partial charge is 0.479 e. The first kappa shape index (κ1) is 72.9. The molecule has 0 aromatic rings. The molecule has 0 radical (unpaired) electrons. The van der Waals surface area contributed by atoms with E-state index in [-0.39, 0.29) is 25.9 Å². The molecule has 0 spiro atoms. The van der Waals surface area contributed by atoms with Crippen LogP contribution in [0, 0.1) is 0 Å². The van der Waals surface area contributed by atoms with Crippen LogP contribution in [0.5, 0.6) is 0 Å². The smallest absolute Gasteiger partial charge is 0.335 e. The molecular weight excluding hydrogens is 997 g/mol. The van der Waals surface area contributed by atoms with Crippen molar-refractivity contribution in [3.63, 3.8) is 0 Å². The third-order valence-corrected chi connectivity index (χ3v) is 13.9. The second-order valence-corrected chi connectivity index (χ2v) is 21.3. The highest BCUT2D eigenvalue weighted by molar-refractivity contribution is 5.74. The van der Waals surface area contributed by atoms with E-state index in [1.54, 1.807) is 0 Å². The average molecular weight is 1110 g/mol. The maximum absolute atomic E-state index is 13.2. The normalized spacial score (nSPS) is 18.4. The third kappa shape index (κ3) is 44.3. The van der Waals surface area contributed by atoms with Gasteiger partial charge >= 0.3 is 23.9 Å². The molecule has 0 aliphatic carbocycles. The van der Waals surface area contributed by atoms with Gasteiger partial charge in [0.15, 0.2) is 24.6 Å². The number of allylic oxidation sites excluding steroid dienone is 14. The Bertz CT molecular complexity index is 1700. The Kier molecular flexibility index (Phi) is 50.3. The van der Waals surface area contributed by atoms with Crippen LogP contribution < -0.4 is 0 Å². The monoisotopic (exact) mass is 1110 g/mol. The zero-order valence-electron chi connectivity index (χ0n) is 49.8. The van der Waals surface area contributed by atoms with E-state index in [0.29, 0.717) is 19.3 Å². The number of esters is 3. The summed E-state index contributed by atoms with van der Waals surface area (Å²) in [5.41, 5.74) is 0. The van der Waals surface area contributed by atoms with E-state index in [9.17, 15) is 34.5 Å². The lowest BCUT2D eigenvalue weighted by Gasteiger charge is -2.40. The highest BCUT2D eigenvalue weighted by atomic mass is 16.7. The molecule has 1 rings (SSSR count). The predicted molar refractivity (Wildman–Crippen MR) is 321 cm³/mol. The molecule has 452 valence electrons. The van der Waals surface area contributed by atoms with Crippen molar-refractivity contribution in [2.45, 2.75) is 302 Å². The Balaban J connectivity index is 2.69. The molecule has 1 aliphatic heterocycles. The third-order valence-electron chi connectivity index (χ3n) is 13.9. The SMILES string of the molecule is CC/C=C\C/C=C\C/C=C\C/C=C\CCCCCCCCC(=O)OC1C(OCC(COC(=O)CCCCCCC/C=C\C/C=C\CCCCC)OC(=O)CCCCCCC/C=C\CCCCCCCC)OC(C(=O)O)C(O)C1O. The Morgan fingerprint density at radius 1 is 0.430 bits per heavy atom. The van der Waals surface area contributed by atoms with Gasteiger partial charge in [-0.1, -0.05) is 215 Å². The molecule has 12 nitrogen and oxygen atoms in total. The van der Waals surface area contributed by atoms with Gasteiger partial charge in [0.05, 0.1) is 6.61 Å². The van der Waals surface area contributed by atoms with Gasteiger partial charge < -0.3 is 39.0 Å². The maximum Gasteiger partial charge on any atom is 0.335 e. The van der Waals surface area contributed by atoms with Crippen molar-refractivity contribution in [1.29, 1.82) is 0 Å². The molecule has 0 aromatic heterocycles. The minimum Gasteiger partial charge on any atom is -0.479 e. The van der Waals surface area contributed by atoms with Crippen LogP contribution in [0.1, 0.15) is 265 Å². The number of carboxylic acid groups (broad SMARTS) is 1. The predicted octanol–water partition coefficient (Wildman–Crippen LogP) is 16.7. The quantitative estimate of drug-likeness (QED) is 0.0228. The van der Waals surface area contributed by atoms with Gasteiger partial charge in [0.2, 0.25) is 0 Å². The zero-order chi connectivity index (χ0) is 57.5. The molecule has 6 atom stereocenters. The van der Waals surface area contributed by atoms with Gasteiger partial charge in [-0.2, -0.15) is 0 Å². The van der Waals surface area contributed by atoms with Crippen molar-refractivity contribution in [2.24, 2.45) is 0 Å². The fraction of sp³-hybridized carbons (Fsp3) is 0.731. The van der Waals surface area contributed by atoms with Crippen LogP contribution in [-0.4, -0.2) is 89.2 Å². The van der Waals surface area contributed by atoms with Crippen molar-refractivity contribution >= 4 is 23.9 Å². The minimum atomic E-state index is -1.91. The van der Waals surface area contributed by atoms with Crippen LogP contribution in [0.4, 0.5) is 0 Å². The van der Waals surface area contributed by atoms with E-state index in [1.807, 2.05) is 0 Å². The zero-order valence-corrected chi connectivity index (χ0v) is 49.8. The van der Waals surface area contributed by atoms with E-state index in [1.165, 1.54) is 57.8 Å². The van der Waals surface area contributed by atoms with Gasteiger partial charge in [-0.25, -0.2) is 4.79 Å². The Morgan fingerprint density at radius 2 is 0.797 bits per heavy atom. The Morgan fingerprint density at radius 3 is 1.25 bits per heavy atom. The van der Waals surface area contributed by atoms with Gasteiger partial charge in [0.25, 0.3) is 0 Å². The molecule has 6 unspecified atom stereocenters. The second kappa shape index (κ2) is 54.5. The van der Waals surface area contributed by atoms with Gasteiger partial charge in [-0.15, -0.1) is 0 Å². The summed E-state index contributed by atoms with van der Waals surface area (Å²) < 4.78 is 28.5. The van der Waals surface area contributed by atoms with Gasteiger partial charge in [0, 0.05) is 19.3 Å². The van der Waals surface area contributed by atoms with Gasteiger partial charge in [0.1, 0.15) is 18.8 Å². The number of aliphatic hydroxyl groups is 2. The van der Waals surface area contributed by atoms with Crippen LogP contribution >= 0.6 is 0 Å². The van der Waals surface area contributed by atoms with Gasteiger partial charge in [-0.05, 0) is 116 Å². The van der Waals surface area contributed by atoms with Crippen LogP contribution in [0.25, 0.3) is 0 Å². The number of hydrogen-bond acceptors (Lipinski definition) is 11. The number of carbonyl (C=O) groups is 4. The molecule has 1 aliphatic rings. The Labute approximate surface area is 480 Å². The molecule has 0 aromatic carbocycles. The average Bonchev–Trinajstić information content (AvgIpc) is 3.44. The number of ether oxygens (including phenoxy) is 5. The lowest BCUT2D eigenvalue weighted by molar-refractivity contribution is -0.301. The van der Waals surface area contributed by atoms with Crippen molar-refractivity contribution < 1.29 is 58.2 Å². The first-order valence-corrected chi connectivity index (χ1v) is 31.6. The summed E-state index contributed by atoms with van der Waals surface area (Å²) >= 11 is 0. The topological polar surface area (TPSA) is 175 Å². The number of unbranched alkanes of at least 4 members (excludes halogenated alkanes) is 25. The van der Waals surface area contributed by atoms with Crippen LogP contribution in [0.2, 0.25) is 0 Å². The second-order valence-electron chi connectivity index (χ2n) is 21.3. The molecule has 12 heteroatoms. The van der Waals surface area contributed by atoms with Crippen molar-refractivity contribution in [2.75, 3.05) is 13.2 Å². The summed E-state index contributed by atoms with van der Waals surface area (Å²) in [6.07, 6.45) is 58.2. The van der Waals surface area contributed by atoms with Crippen molar-refractivity contribution in [3.8, 4) is 0 Å². The first-order chi connectivity index (χ1) is 38.6. The van der Waals surface area contributed by atoms with Gasteiger partial charge in [-0.3, -0.25) is 14.4 Å². The summed E-state index contributed by atoms with van der Waals surface area (Å²) in [7, 11) is 0. The van der Waals surface area contributed by atoms with E-state index in [2.05, 4.69) is 106 Å². The minimum absolute atomic E-state index is 0.0393. The number of carboxylic acids is 1. The number of carbonyl (C=O) groups excluding carboxylic acids is 3. The molecule has 79 heavy (non-hydrogen) atoms. The summed E-state index contributed by atoms with van der Waals surface area (Å²) in [5, 5.41) is 31.6. The van der Waals surface area contributed by atoms with E-state index in [4.69, 9.17) is 23.7 Å². The lowest BCUT2D eigenvalue weighted by atomic mass is 9.98. The molecule has 0 bridgehead atoms. The number of rotatable bonds is 53. The highest BCUT2D eigenvalue weighted by Crippen LogP contribution is 2.26. The number of aliphatic carboxylic acids is 1. The fourth-order valence-electron chi connectivity index (χ4n) is 9.09. The molecule has 1 saturated heterocycles. The van der Waals surface area contributed by atoms with Crippen molar-refractivity contribution in [3.05, 3.63) is 85.1 Å². The standard InChI is InChI=1S/C67H112O12/c1-4-7-10-13-16-19-22-25-28-29-30-31-34-37-40-43-46-49-52-55-61(70)78-65-63(72)62(71)64(66(73)74)79-67(65)76-57-58(77-60(69)54-51-48-45-42-39-36-33-27-24-21-18-15-12-9-6-3)56-75-59(68)53-50-47-44-41-38-35-32-26-23-20-17-14-11-8-5-2/h7,10,16-17,19-20,25-28,30-33,58,62-65,67,71-72H,4-6,8-9,11-15,18,21-24,29,34-57H2,1-3H3,(H,73,74)/b10-7-,19-16-,20-17-,28-25-,31-30-,32-26-,33-27-. The summed E-state index contributed by atoms with van der Waals surface area (Å²) in [6.45, 7) is 5.84. The van der Waals surface area contributed by atoms with Crippen LogP contribution in [0.15, 0.2) is 85.1 Å². The number of hydrogen-bond donors (Lipinski definition) is 3. The van der Waals surface area contributed by atoms with Crippen molar-refractivity contribution in [1.82, 2.24) is 0 Å². The van der Waals surface area contributed by atoms with E-state index < -0.39 is 67.3 Å². The summed E-state index contributed by atoms with van der Waals surface area (Å²) in [6, 6.07) is 0. The maximum atomic E-state index is 13.2. The Hall–Kier alpha value is -4.10. The molecule has 1 fully saturated rings. The number of aliphatic hydroxyl groups excluding tert-OH is 2. The fourth-order valence-corrected chi connectivity index (χ4v) is 9.09. The summed E-state index contributed by atoms with van der Waals surface area (Å²) in [5.74, 6) is -3.16. The lowest BCUT2D eigenvalue weighted by Crippen LogP contribution is -2.61. The molecule has 0 saturated carbocycles. The van der Waals surface area contributed by atoms with E-state index in [0.717, 1.165) is 148 Å². The van der Waals surface area contributed by atoms with Crippen LogP contribution in [0.3, 0.4) is 0 Å². The highest BCUT2D eigenvalue weighted by Gasteiger charge is 2.50. The molecule has 1 heterocycles. The van der Waals surface area contributed by atoms with Crippen LogP contribution in [-0.2, 0) is 42.9 Å². The molecule has 0 amide bonds. The van der Waals surface area contributed by atoms with E-state index >= 15 is 0 Å². The summed E-state index contributed by atoms with van der Waals surface area (Å²) in [4.78, 5) is 51.3. The molecule has 3 N–H and O–H groups in total. The molecular formula is C67H112O12.